The minimum Gasteiger partial charge on any atom is -0.240 e. The number of hydrogen-bond donors (Lipinski definition) is 0. The highest BCUT2D eigenvalue weighted by molar-refractivity contribution is 5.37. The van der Waals surface area contributed by atoms with Gasteiger partial charge in [0, 0.05) is 23.8 Å². The Labute approximate surface area is 154 Å². The van der Waals surface area contributed by atoms with Crippen molar-refractivity contribution in [3.8, 4) is 11.8 Å². The largest absolute Gasteiger partial charge is 0.240 e. The van der Waals surface area contributed by atoms with Gasteiger partial charge in [-0.25, -0.2) is 13.2 Å². The minimum atomic E-state index is -1.87. The lowest BCUT2D eigenvalue weighted by Gasteiger charge is -2.43. The average Bonchev–Trinajstić information content (AvgIpc) is 2.66. The van der Waals surface area contributed by atoms with Crippen molar-refractivity contribution in [3.63, 3.8) is 0 Å². The van der Waals surface area contributed by atoms with Crippen molar-refractivity contribution in [1.82, 2.24) is 0 Å². The topological polar surface area (TPSA) is 0 Å². The van der Waals surface area contributed by atoms with Crippen molar-refractivity contribution in [1.29, 1.82) is 0 Å². The number of halogens is 3. The highest BCUT2D eigenvalue weighted by Gasteiger charge is 2.46. The first-order chi connectivity index (χ1) is 12.5. The Balaban J connectivity index is 1.87. The Bertz CT molecular complexity index is 689. The van der Waals surface area contributed by atoms with E-state index in [-0.39, 0.29) is 18.8 Å². The van der Waals surface area contributed by atoms with Crippen LogP contribution in [0.25, 0.3) is 0 Å². The van der Waals surface area contributed by atoms with Gasteiger partial charge in [0.15, 0.2) is 12.0 Å². The third-order valence-electron chi connectivity index (χ3n) is 6.10. The summed E-state index contributed by atoms with van der Waals surface area (Å²) in [6.07, 6.45) is 4.40. The molecule has 1 aromatic carbocycles. The zero-order valence-electron chi connectivity index (χ0n) is 15.4. The molecule has 2 aliphatic rings. The smallest absolute Gasteiger partial charge is 0.165 e. The van der Waals surface area contributed by atoms with Crippen molar-refractivity contribution in [2.45, 2.75) is 64.5 Å². The maximum Gasteiger partial charge on any atom is 0.165 e. The molecule has 0 spiro atoms. The van der Waals surface area contributed by atoms with Gasteiger partial charge in [-0.2, -0.15) is 0 Å². The summed E-state index contributed by atoms with van der Waals surface area (Å²) in [6, 6.07) is 9.48. The van der Waals surface area contributed by atoms with E-state index < -0.39 is 23.2 Å². The molecule has 3 heteroatoms. The predicted octanol–water partition coefficient (Wildman–Crippen LogP) is 6.91. The molecule has 140 valence electrons. The Morgan fingerprint density at radius 3 is 2.38 bits per heavy atom. The van der Waals surface area contributed by atoms with Crippen molar-refractivity contribution in [2.24, 2.45) is 17.3 Å². The number of benzene rings is 1. The molecule has 0 N–H and O–H groups in total. The van der Waals surface area contributed by atoms with E-state index in [1.54, 1.807) is 0 Å². The second-order valence-corrected chi connectivity index (χ2v) is 7.88. The van der Waals surface area contributed by atoms with Crippen LogP contribution < -0.4 is 0 Å². The fourth-order valence-corrected chi connectivity index (χ4v) is 4.65. The monoisotopic (exact) mass is 360 g/mol. The van der Waals surface area contributed by atoms with Crippen molar-refractivity contribution >= 4 is 0 Å². The van der Waals surface area contributed by atoms with E-state index in [2.05, 4.69) is 18.8 Å². The molecule has 0 aromatic heterocycles. The molecule has 1 fully saturated rings. The van der Waals surface area contributed by atoms with E-state index in [9.17, 15) is 13.2 Å². The van der Waals surface area contributed by atoms with Gasteiger partial charge in [0.25, 0.3) is 0 Å². The van der Waals surface area contributed by atoms with E-state index in [1.807, 2.05) is 30.3 Å². The lowest BCUT2D eigenvalue weighted by atomic mass is 9.61. The third kappa shape index (κ3) is 4.17. The summed E-state index contributed by atoms with van der Waals surface area (Å²) in [5, 5.41) is 0. The van der Waals surface area contributed by atoms with Gasteiger partial charge in [-0.15, -0.1) is 0 Å². The first-order valence-corrected chi connectivity index (χ1v) is 9.80. The molecule has 0 aliphatic heterocycles. The van der Waals surface area contributed by atoms with Crippen LogP contribution >= 0.6 is 0 Å². The molecule has 0 unspecified atom stereocenters. The lowest BCUT2D eigenvalue weighted by Crippen LogP contribution is -2.38. The van der Waals surface area contributed by atoms with Gasteiger partial charge in [0.05, 0.1) is 0 Å². The van der Waals surface area contributed by atoms with Crippen molar-refractivity contribution in [2.75, 3.05) is 0 Å². The maximum absolute atomic E-state index is 14.3. The molecule has 3 rings (SSSR count). The number of allylic oxidation sites excluding steroid dienone is 2. The van der Waals surface area contributed by atoms with Crippen LogP contribution in [0.15, 0.2) is 42.0 Å². The second-order valence-electron chi connectivity index (χ2n) is 7.88. The Kier molecular flexibility index (Phi) is 6.12. The third-order valence-corrected chi connectivity index (χ3v) is 6.10. The predicted molar refractivity (Wildman–Crippen MR) is 99.5 cm³/mol. The summed E-state index contributed by atoms with van der Waals surface area (Å²) in [7, 11) is 0. The van der Waals surface area contributed by atoms with E-state index in [0.717, 1.165) is 31.2 Å². The fourth-order valence-electron chi connectivity index (χ4n) is 4.65. The highest BCUT2D eigenvalue weighted by atomic mass is 19.2. The normalized spacial score (nSPS) is 32.1. The van der Waals surface area contributed by atoms with Crippen molar-refractivity contribution < 1.29 is 13.2 Å². The molecular weight excluding hydrogens is 333 g/mol. The van der Waals surface area contributed by atoms with Gasteiger partial charge in [0.1, 0.15) is 5.83 Å². The molecule has 0 saturated heterocycles. The van der Waals surface area contributed by atoms with Crippen LogP contribution in [0.2, 0.25) is 0 Å². The molecular formula is C23H27F3. The van der Waals surface area contributed by atoms with Gasteiger partial charge in [-0.1, -0.05) is 62.6 Å². The van der Waals surface area contributed by atoms with Gasteiger partial charge in [0.2, 0.25) is 0 Å². The average molecular weight is 360 g/mol. The molecule has 1 aromatic rings. The summed E-state index contributed by atoms with van der Waals surface area (Å²) in [5.41, 5.74) is 0.0314. The van der Waals surface area contributed by atoms with Gasteiger partial charge in [-0.3, -0.25) is 0 Å². The van der Waals surface area contributed by atoms with E-state index >= 15 is 0 Å². The lowest BCUT2D eigenvalue weighted by molar-refractivity contribution is 0.0861. The molecule has 0 amide bonds. The zero-order valence-corrected chi connectivity index (χ0v) is 15.4. The van der Waals surface area contributed by atoms with E-state index in [4.69, 9.17) is 0 Å². The molecule has 0 nitrogen and oxygen atoms in total. The van der Waals surface area contributed by atoms with Gasteiger partial charge < -0.3 is 0 Å². The zero-order chi connectivity index (χ0) is 18.6. The second kappa shape index (κ2) is 8.33. The Morgan fingerprint density at radius 1 is 1.08 bits per heavy atom. The molecule has 26 heavy (non-hydrogen) atoms. The molecule has 2 atom stereocenters. The van der Waals surface area contributed by atoms with Crippen LogP contribution in [0.3, 0.4) is 0 Å². The molecule has 0 bridgehead atoms. The first-order valence-electron chi connectivity index (χ1n) is 9.80. The summed E-state index contributed by atoms with van der Waals surface area (Å²) < 4.78 is 42.1. The van der Waals surface area contributed by atoms with Crippen LogP contribution in [0.1, 0.15) is 63.9 Å². The first kappa shape index (κ1) is 19.1. The summed E-state index contributed by atoms with van der Waals surface area (Å²) in [5.74, 6) is 5.01. The number of hydrogen-bond acceptors (Lipinski definition) is 0. The Hall–Kier alpha value is -1.69. The van der Waals surface area contributed by atoms with Gasteiger partial charge >= 0.3 is 0 Å². The Morgan fingerprint density at radius 2 is 1.77 bits per heavy atom. The summed E-state index contributed by atoms with van der Waals surface area (Å²) in [6.45, 7) is 2.19. The van der Waals surface area contributed by atoms with Crippen molar-refractivity contribution in [3.05, 3.63) is 47.5 Å². The molecule has 0 radical (unpaired) electrons. The van der Waals surface area contributed by atoms with E-state index in [1.165, 1.54) is 12.8 Å². The minimum absolute atomic E-state index is 0.0325. The summed E-state index contributed by atoms with van der Waals surface area (Å²) >= 11 is 0. The SMILES string of the molecule is CCCC1CCC([C@@]2(C#Cc3ccccc3)CC(F)=C(F)[C@H](F)C2)CC1. The number of alkyl halides is 1. The van der Waals surface area contributed by atoms with Crippen LogP contribution in [0.5, 0.6) is 0 Å². The van der Waals surface area contributed by atoms with Crippen LogP contribution in [-0.2, 0) is 0 Å². The van der Waals surface area contributed by atoms with Gasteiger partial charge in [-0.05, 0) is 36.8 Å². The van der Waals surface area contributed by atoms with Crippen LogP contribution in [0, 0.1) is 29.1 Å². The number of rotatable bonds is 3. The quantitative estimate of drug-likeness (QED) is 0.514. The standard InChI is InChI=1S/C23H27F3/c1-2-6-17-9-11-19(12-10-17)23(14-13-18-7-4-3-5-8-18)15-20(24)22(26)21(25)16-23/h3-5,7-8,17,19-20H,2,6,9-12,15-16H2,1H3/t17?,19?,20-,23-/m1/s1. The van der Waals surface area contributed by atoms with Crippen LogP contribution in [-0.4, -0.2) is 6.17 Å². The maximum atomic E-state index is 14.3. The van der Waals surface area contributed by atoms with Crippen LogP contribution in [0.4, 0.5) is 13.2 Å². The van der Waals surface area contributed by atoms with E-state index in [0.29, 0.717) is 5.92 Å². The summed E-state index contributed by atoms with van der Waals surface area (Å²) in [4.78, 5) is 0. The fraction of sp³-hybridized carbons (Fsp3) is 0.565. The molecule has 2 aliphatic carbocycles. The molecule has 1 saturated carbocycles. The highest BCUT2D eigenvalue weighted by Crippen LogP contribution is 2.51. The molecule has 0 heterocycles.